The molecule has 2 atom stereocenters. The number of nitrogens with zero attached hydrogens (tertiary/aromatic N) is 1. The molecule has 76 valence electrons. The molecule has 2 N–H and O–H groups in total. The third-order valence-electron chi connectivity index (χ3n) is 2.69. The summed E-state index contributed by atoms with van der Waals surface area (Å²) >= 11 is 0. The molecule has 2 unspecified atom stereocenters. The fraction of sp³-hybridized carbons (Fsp3) is 0.889. The van der Waals surface area contributed by atoms with Crippen molar-refractivity contribution in [1.82, 2.24) is 10.2 Å². The molecule has 0 aromatic heterocycles. The summed E-state index contributed by atoms with van der Waals surface area (Å²) in [4.78, 5) is 12.5. The number of nitrogens with one attached hydrogen (secondary N) is 1. The van der Waals surface area contributed by atoms with Crippen LogP contribution in [0.5, 0.6) is 0 Å². The standard InChI is InChI=1S/C9H18N2O2/c1-7(9(12)13)11(2)6-8-4-3-5-10-8/h7-8,10H,3-6H2,1-2H3,(H,12,13). The monoisotopic (exact) mass is 186 g/mol. The highest BCUT2D eigenvalue weighted by atomic mass is 16.4. The number of hydrogen-bond acceptors (Lipinski definition) is 3. The summed E-state index contributed by atoms with van der Waals surface area (Å²) in [5, 5.41) is 12.1. The van der Waals surface area contributed by atoms with Crippen molar-refractivity contribution < 1.29 is 9.90 Å². The van der Waals surface area contributed by atoms with E-state index in [2.05, 4.69) is 5.32 Å². The van der Waals surface area contributed by atoms with Crippen LogP contribution in [0.15, 0.2) is 0 Å². The highest BCUT2D eigenvalue weighted by Gasteiger charge is 2.21. The maximum absolute atomic E-state index is 10.7. The molecular weight excluding hydrogens is 168 g/mol. The predicted molar refractivity (Wildman–Crippen MR) is 50.8 cm³/mol. The lowest BCUT2D eigenvalue weighted by atomic mass is 10.2. The van der Waals surface area contributed by atoms with Crippen molar-refractivity contribution in [2.24, 2.45) is 0 Å². The van der Waals surface area contributed by atoms with Crippen LogP contribution in [-0.4, -0.2) is 48.2 Å². The fourth-order valence-corrected chi connectivity index (χ4v) is 1.61. The number of carboxylic acids is 1. The van der Waals surface area contributed by atoms with E-state index in [1.807, 2.05) is 11.9 Å². The molecule has 1 rings (SSSR count). The summed E-state index contributed by atoms with van der Waals surface area (Å²) in [6.45, 7) is 3.62. The van der Waals surface area contributed by atoms with Crippen molar-refractivity contribution in [2.75, 3.05) is 20.1 Å². The van der Waals surface area contributed by atoms with Crippen LogP contribution in [-0.2, 0) is 4.79 Å². The zero-order valence-corrected chi connectivity index (χ0v) is 8.29. The van der Waals surface area contributed by atoms with Crippen LogP contribution in [0.25, 0.3) is 0 Å². The number of hydrogen-bond donors (Lipinski definition) is 2. The van der Waals surface area contributed by atoms with Crippen molar-refractivity contribution in [1.29, 1.82) is 0 Å². The zero-order chi connectivity index (χ0) is 9.84. The largest absolute Gasteiger partial charge is 0.480 e. The Kier molecular flexibility index (Phi) is 3.69. The molecule has 0 aromatic rings. The van der Waals surface area contributed by atoms with E-state index in [1.165, 1.54) is 6.42 Å². The molecule has 0 saturated carbocycles. The minimum absolute atomic E-state index is 0.387. The predicted octanol–water partition coefficient (Wildman–Crippen LogP) is 0.143. The molecule has 1 heterocycles. The van der Waals surface area contributed by atoms with E-state index < -0.39 is 5.97 Å². The van der Waals surface area contributed by atoms with E-state index in [0.717, 1.165) is 19.5 Å². The molecule has 1 saturated heterocycles. The first-order chi connectivity index (χ1) is 6.11. The molecule has 4 nitrogen and oxygen atoms in total. The lowest BCUT2D eigenvalue weighted by Crippen LogP contribution is -2.43. The third kappa shape index (κ3) is 2.97. The number of rotatable bonds is 4. The number of carboxylic acid groups (broad SMARTS) is 1. The van der Waals surface area contributed by atoms with Crippen molar-refractivity contribution >= 4 is 5.97 Å². The normalized spacial score (nSPS) is 25.0. The van der Waals surface area contributed by atoms with Crippen LogP contribution >= 0.6 is 0 Å². The Morgan fingerprint density at radius 1 is 1.77 bits per heavy atom. The van der Waals surface area contributed by atoms with Crippen LogP contribution in [0, 0.1) is 0 Å². The van der Waals surface area contributed by atoms with Crippen molar-refractivity contribution in [2.45, 2.75) is 31.8 Å². The van der Waals surface area contributed by atoms with Crippen LogP contribution in [0.4, 0.5) is 0 Å². The van der Waals surface area contributed by atoms with Crippen LogP contribution < -0.4 is 5.32 Å². The van der Waals surface area contributed by atoms with E-state index in [1.54, 1.807) is 6.92 Å². The molecule has 0 spiro atoms. The Morgan fingerprint density at radius 2 is 2.46 bits per heavy atom. The summed E-state index contributed by atoms with van der Waals surface area (Å²) in [6, 6.07) is 0.0919. The second-order valence-corrected chi connectivity index (χ2v) is 3.75. The average Bonchev–Trinajstić information content (AvgIpc) is 2.55. The molecule has 1 aliphatic rings. The van der Waals surface area contributed by atoms with E-state index in [-0.39, 0.29) is 6.04 Å². The van der Waals surface area contributed by atoms with E-state index >= 15 is 0 Å². The first-order valence-corrected chi connectivity index (χ1v) is 4.77. The number of aliphatic carboxylic acids is 1. The third-order valence-corrected chi connectivity index (χ3v) is 2.69. The van der Waals surface area contributed by atoms with Gasteiger partial charge in [0.1, 0.15) is 6.04 Å². The minimum atomic E-state index is -0.750. The molecule has 0 amide bonds. The summed E-state index contributed by atoms with van der Waals surface area (Å²) in [7, 11) is 1.86. The Hall–Kier alpha value is -0.610. The van der Waals surface area contributed by atoms with Gasteiger partial charge in [0.25, 0.3) is 0 Å². The molecule has 4 heteroatoms. The van der Waals surface area contributed by atoms with Gasteiger partial charge in [-0.2, -0.15) is 0 Å². The van der Waals surface area contributed by atoms with E-state index in [9.17, 15) is 4.79 Å². The lowest BCUT2D eigenvalue weighted by Gasteiger charge is -2.24. The topological polar surface area (TPSA) is 52.6 Å². The summed E-state index contributed by atoms with van der Waals surface area (Å²) in [5.41, 5.74) is 0. The quantitative estimate of drug-likeness (QED) is 0.656. The van der Waals surface area contributed by atoms with Crippen LogP contribution in [0.3, 0.4) is 0 Å². The van der Waals surface area contributed by atoms with Gasteiger partial charge in [-0.3, -0.25) is 9.69 Å². The van der Waals surface area contributed by atoms with Gasteiger partial charge in [0.15, 0.2) is 0 Å². The van der Waals surface area contributed by atoms with E-state index in [4.69, 9.17) is 5.11 Å². The first-order valence-electron chi connectivity index (χ1n) is 4.77. The van der Waals surface area contributed by atoms with Gasteiger partial charge in [0, 0.05) is 12.6 Å². The molecule has 0 aliphatic carbocycles. The van der Waals surface area contributed by atoms with Gasteiger partial charge < -0.3 is 10.4 Å². The van der Waals surface area contributed by atoms with Crippen molar-refractivity contribution in [3.63, 3.8) is 0 Å². The van der Waals surface area contributed by atoms with Gasteiger partial charge in [0.2, 0.25) is 0 Å². The number of likely N-dealkylation sites (N-methyl/N-ethyl adjacent to an activating group) is 1. The highest BCUT2D eigenvalue weighted by Crippen LogP contribution is 2.07. The maximum atomic E-state index is 10.7. The summed E-state index contributed by atoms with van der Waals surface area (Å²) < 4.78 is 0. The van der Waals surface area contributed by atoms with Gasteiger partial charge in [-0.1, -0.05) is 0 Å². The molecule has 13 heavy (non-hydrogen) atoms. The SMILES string of the molecule is CC(C(=O)O)N(C)CC1CCCN1. The first kappa shape index (κ1) is 10.5. The van der Waals surface area contributed by atoms with Crippen LogP contribution in [0.2, 0.25) is 0 Å². The average molecular weight is 186 g/mol. The van der Waals surface area contributed by atoms with Crippen molar-refractivity contribution in [3.8, 4) is 0 Å². The van der Waals surface area contributed by atoms with E-state index in [0.29, 0.717) is 6.04 Å². The summed E-state index contributed by atoms with van der Waals surface area (Å²) in [5.74, 6) is -0.750. The van der Waals surface area contributed by atoms with Gasteiger partial charge in [-0.05, 0) is 33.4 Å². The smallest absolute Gasteiger partial charge is 0.320 e. The second kappa shape index (κ2) is 4.58. The minimum Gasteiger partial charge on any atom is -0.480 e. The Balaban J connectivity index is 2.30. The Bertz CT molecular complexity index is 178. The maximum Gasteiger partial charge on any atom is 0.320 e. The van der Waals surface area contributed by atoms with Gasteiger partial charge >= 0.3 is 5.97 Å². The number of carbonyl (C=O) groups is 1. The molecule has 0 aromatic carbocycles. The lowest BCUT2D eigenvalue weighted by molar-refractivity contribution is -0.142. The Morgan fingerprint density at radius 3 is 2.92 bits per heavy atom. The highest BCUT2D eigenvalue weighted by molar-refractivity contribution is 5.72. The molecule has 0 bridgehead atoms. The Labute approximate surface area is 78.9 Å². The van der Waals surface area contributed by atoms with Gasteiger partial charge in [-0.15, -0.1) is 0 Å². The molecule has 1 aliphatic heterocycles. The molecular formula is C9H18N2O2. The second-order valence-electron chi connectivity index (χ2n) is 3.75. The molecule has 1 fully saturated rings. The van der Waals surface area contributed by atoms with Crippen molar-refractivity contribution in [3.05, 3.63) is 0 Å². The van der Waals surface area contributed by atoms with Gasteiger partial charge in [-0.25, -0.2) is 0 Å². The molecule has 0 radical (unpaired) electrons. The van der Waals surface area contributed by atoms with Crippen LogP contribution in [0.1, 0.15) is 19.8 Å². The zero-order valence-electron chi connectivity index (χ0n) is 8.29. The fourth-order valence-electron chi connectivity index (χ4n) is 1.61. The summed E-state index contributed by atoms with van der Waals surface area (Å²) in [6.07, 6.45) is 2.37. The van der Waals surface area contributed by atoms with Gasteiger partial charge in [0.05, 0.1) is 0 Å².